The number of benzene rings is 1. The Hall–Kier alpha value is -1.18. The van der Waals surface area contributed by atoms with Crippen molar-refractivity contribution in [3.8, 4) is 0 Å². The van der Waals surface area contributed by atoms with E-state index in [-0.39, 0.29) is 11.2 Å². The fourth-order valence-electron chi connectivity index (χ4n) is 2.97. The second kappa shape index (κ2) is 4.59. The SMILES string of the molecule is CC(=O)c1cccc(C2(C(C)F)CCCC2)c1. The van der Waals surface area contributed by atoms with E-state index in [1.165, 1.54) is 0 Å². The maximum absolute atomic E-state index is 14.0. The molecule has 0 spiro atoms. The summed E-state index contributed by atoms with van der Waals surface area (Å²) in [7, 11) is 0. The molecular formula is C15H19FO. The first kappa shape index (κ1) is 12.3. The molecule has 1 aliphatic rings. The van der Waals surface area contributed by atoms with Gasteiger partial charge in [0.2, 0.25) is 0 Å². The van der Waals surface area contributed by atoms with Crippen molar-refractivity contribution in [1.29, 1.82) is 0 Å². The molecule has 1 fully saturated rings. The summed E-state index contributed by atoms with van der Waals surface area (Å²) < 4.78 is 14.0. The van der Waals surface area contributed by atoms with Crippen LogP contribution in [0.4, 0.5) is 4.39 Å². The summed E-state index contributed by atoms with van der Waals surface area (Å²) in [4.78, 5) is 11.4. The highest BCUT2D eigenvalue weighted by molar-refractivity contribution is 5.94. The van der Waals surface area contributed by atoms with Crippen LogP contribution in [0.5, 0.6) is 0 Å². The van der Waals surface area contributed by atoms with Crippen LogP contribution in [0.2, 0.25) is 0 Å². The second-order valence-electron chi connectivity index (χ2n) is 5.12. The number of carbonyl (C=O) groups excluding carboxylic acids is 1. The molecule has 1 nitrogen and oxygen atoms in total. The zero-order chi connectivity index (χ0) is 12.5. The number of hydrogen-bond donors (Lipinski definition) is 0. The first-order chi connectivity index (χ1) is 8.06. The van der Waals surface area contributed by atoms with E-state index in [9.17, 15) is 9.18 Å². The van der Waals surface area contributed by atoms with Crippen LogP contribution in [0.1, 0.15) is 55.5 Å². The van der Waals surface area contributed by atoms with Crippen LogP contribution >= 0.6 is 0 Å². The van der Waals surface area contributed by atoms with Crippen molar-refractivity contribution < 1.29 is 9.18 Å². The topological polar surface area (TPSA) is 17.1 Å². The molecule has 1 saturated carbocycles. The molecule has 1 aliphatic carbocycles. The van der Waals surface area contributed by atoms with Gasteiger partial charge in [-0.1, -0.05) is 31.0 Å². The minimum absolute atomic E-state index is 0.0477. The van der Waals surface area contributed by atoms with Crippen LogP contribution in [0.15, 0.2) is 24.3 Å². The first-order valence-corrected chi connectivity index (χ1v) is 6.32. The molecule has 1 unspecified atom stereocenters. The third-order valence-electron chi connectivity index (χ3n) is 4.10. The zero-order valence-electron chi connectivity index (χ0n) is 10.5. The molecule has 0 amide bonds. The molecule has 1 aromatic carbocycles. The van der Waals surface area contributed by atoms with Crippen molar-refractivity contribution in [3.05, 3.63) is 35.4 Å². The standard InChI is InChI=1S/C15H19FO/c1-11(17)13-6-5-7-14(10-13)15(12(2)16)8-3-4-9-15/h5-7,10,12H,3-4,8-9H2,1-2H3. The molecule has 1 aromatic rings. The lowest BCUT2D eigenvalue weighted by atomic mass is 9.75. The number of carbonyl (C=O) groups is 1. The van der Waals surface area contributed by atoms with Crippen molar-refractivity contribution in [2.75, 3.05) is 0 Å². The molecule has 92 valence electrons. The fraction of sp³-hybridized carbons (Fsp3) is 0.533. The number of rotatable bonds is 3. The summed E-state index contributed by atoms with van der Waals surface area (Å²) in [5.41, 5.74) is 1.33. The Labute approximate surface area is 102 Å². The van der Waals surface area contributed by atoms with E-state index in [0.717, 1.165) is 31.2 Å². The highest BCUT2D eigenvalue weighted by Gasteiger charge is 2.41. The van der Waals surface area contributed by atoms with Crippen molar-refractivity contribution in [1.82, 2.24) is 0 Å². The number of Topliss-reactive ketones (excluding diaryl/α,β-unsaturated/α-hetero) is 1. The van der Waals surface area contributed by atoms with Crippen LogP contribution < -0.4 is 0 Å². The van der Waals surface area contributed by atoms with E-state index in [4.69, 9.17) is 0 Å². The highest BCUT2D eigenvalue weighted by Crippen LogP contribution is 2.45. The van der Waals surface area contributed by atoms with Crippen molar-refractivity contribution >= 4 is 5.78 Å². The van der Waals surface area contributed by atoms with Crippen LogP contribution in [0, 0.1) is 0 Å². The smallest absolute Gasteiger partial charge is 0.159 e. The van der Waals surface area contributed by atoms with Gasteiger partial charge in [0, 0.05) is 11.0 Å². The van der Waals surface area contributed by atoms with E-state index in [1.807, 2.05) is 18.2 Å². The van der Waals surface area contributed by atoms with Crippen molar-refractivity contribution in [3.63, 3.8) is 0 Å². The molecule has 0 aromatic heterocycles. The minimum Gasteiger partial charge on any atom is -0.295 e. The van der Waals surface area contributed by atoms with Gasteiger partial charge in [0.15, 0.2) is 5.78 Å². The molecule has 1 atom stereocenters. The van der Waals surface area contributed by atoms with Crippen LogP contribution in [0.3, 0.4) is 0 Å². The van der Waals surface area contributed by atoms with Crippen LogP contribution in [0.25, 0.3) is 0 Å². The minimum atomic E-state index is -0.854. The molecule has 2 rings (SSSR count). The Balaban J connectivity index is 2.43. The largest absolute Gasteiger partial charge is 0.295 e. The zero-order valence-corrected chi connectivity index (χ0v) is 10.5. The molecule has 0 N–H and O–H groups in total. The summed E-state index contributed by atoms with van der Waals surface area (Å²) in [5.74, 6) is 0.0477. The van der Waals surface area contributed by atoms with Crippen molar-refractivity contribution in [2.45, 2.75) is 51.1 Å². The molecule has 0 bridgehead atoms. The van der Waals surface area contributed by atoms with Gasteiger partial charge in [0.1, 0.15) is 6.17 Å². The predicted molar refractivity (Wildman–Crippen MR) is 67.2 cm³/mol. The highest BCUT2D eigenvalue weighted by atomic mass is 19.1. The number of ketones is 1. The Morgan fingerprint density at radius 2 is 2.00 bits per heavy atom. The molecule has 2 heteroatoms. The summed E-state index contributed by atoms with van der Waals surface area (Å²) in [6.45, 7) is 3.20. The van der Waals surface area contributed by atoms with Gasteiger partial charge in [0.25, 0.3) is 0 Å². The Morgan fingerprint density at radius 1 is 1.35 bits per heavy atom. The summed E-state index contributed by atoms with van der Waals surface area (Å²) >= 11 is 0. The average Bonchev–Trinajstić information content (AvgIpc) is 2.79. The predicted octanol–water partition coefficient (Wildman–Crippen LogP) is 4.06. The quantitative estimate of drug-likeness (QED) is 0.721. The van der Waals surface area contributed by atoms with E-state index < -0.39 is 6.17 Å². The van der Waals surface area contributed by atoms with Gasteiger partial charge in [-0.3, -0.25) is 4.79 Å². The third-order valence-corrected chi connectivity index (χ3v) is 4.10. The van der Waals surface area contributed by atoms with Gasteiger partial charge in [-0.05, 0) is 38.3 Å². The molecule has 0 heterocycles. The van der Waals surface area contributed by atoms with Crippen LogP contribution in [-0.2, 0) is 5.41 Å². The molecule has 0 saturated heterocycles. The van der Waals surface area contributed by atoms with Gasteiger partial charge >= 0.3 is 0 Å². The second-order valence-corrected chi connectivity index (χ2v) is 5.12. The molecule has 17 heavy (non-hydrogen) atoms. The molecule has 0 radical (unpaired) electrons. The summed E-state index contributed by atoms with van der Waals surface area (Å²) in [6, 6.07) is 7.52. The number of alkyl halides is 1. The van der Waals surface area contributed by atoms with Crippen LogP contribution in [-0.4, -0.2) is 12.0 Å². The van der Waals surface area contributed by atoms with E-state index >= 15 is 0 Å². The maximum atomic E-state index is 14.0. The lowest BCUT2D eigenvalue weighted by molar-refractivity contribution is 0.101. The Bertz CT molecular complexity index is 417. The lowest BCUT2D eigenvalue weighted by Crippen LogP contribution is -2.32. The normalized spacial score (nSPS) is 20.2. The van der Waals surface area contributed by atoms with Gasteiger partial charge < -0.3 is 0 Å². The monoisotopic (exact) mass is 234 g/mol. The maximum Gasteiger partial charge on any atom is 0.159 e. The summed E-state index contributed by atoms with van der Waals surface area (Å²) in [5, 5.41) is 0. The third kappa shape index (κ3) is 2.13. The van der Waals surface area contributed by atoms with Gasteiger partial charge in [-0.15, -0.1) is 0 Å². The van der Waals surface area contributed by atoms with Gasteiger partial charge in [-0.25, -0.2) is 4.39 Å². The first-order valence-electron chi connectivity index (χ1n) is 6.32. The lowest BCUT2D eigenvalue weighted by Gasteiger charge is -2.31. The fourth-order valence-corrected chi connectivity index (χ4v) is 2.97. The van der Waals surface area contributed by atoms with E-state index in [2.05, 4.69) is 0 Å². The molecular weight excluding hydrogens is 215 g/mol. The number of hydrogen-bond acceptors (Lipinski definition) is 1. The summed E-state index contributed by atoms with van der Waals surface area (Å²) in [6.07, 6.45) is 3.10. The van der Waals surface area contributed by atoms with E-state index in [0.29, 0.717) is 5.56 Å². The van der Waals surface area contributed by atoms with Gasteiger partial charge in [-0.2, -0.15) is 0 Å². The Kier molecular flexibility index (Phi) is 3.32. The van der Waals surface area contributed by atoms with E-state index in [1.54, 1.807) is 19.9 Å². The number of halogens is 1. The molecule has 0 aliphatic heterocycles. The van der Waals surface area contributed by atoms with Crippen molar-refractivity contribution in [2.24, 2.45) is 0 Å². The average molecular weight is 234 g/mol. The Morgan fingerprint density at radius 3 is 2.53 bits per heavy atom. The van der Waals surface area contributed by atoms with Gasteiger partial charge in [0.05, 0.1) is 0 Å².